The molecule has 0 radical (unpaired) electrons. The Kier molecular flexibility index (Phi) is 3.77. The van der Waals surface area contributed by atoms with Crippen molar-refractivity contribution in [1.82, 2.24) is 0 Å². The van der Waals surface area contributed by atoms with Gasteiger partial charge in [0, 0.05) is 6.42 Å². The van der Waals surface area contributed by atoms with Gasteiger partial charge in [-0.3, -0.25) is 0 Å². The lowest BCUT2D eigenvalue weighted by molar-refractivity contribution is 0.0529. The van der Waals surface area contributed by atoms with Gasteiger partial charge >= 0.3 is 0 Å². The molecule has 0 fully saturated rings. The number of nitrogens with two attached hydrogens (primary N) is 1. The minimum absolute atomic E-state index is 0.0633. The standard InChI is InChI=1S/C11H15F2NO/c1-11(15,4-5-14)7-8-6-9(12)2-3-10(8)13/h2-3,6,15H,4-5,7,14H2,1H3. The van der Waals surface area contributed by atoms with Crippen molar-refractivity contribution < 1.29 is 13.9 Å². The van der Waals surface area contributed by atoms with Crippen molar-refractivity contribution in [2.75, 3.05) is 6.54 Å². The van der Waals surface area contributed by atoms with E-state index in [1.807, 2.05) is 0 Å². The van der Waals surface area contributed by atoms with Crippen LogP contribution in [0.5, 0.6) is 0 Å². The minimum Gasteiger partial charge on any atom is -0.390 e. The second-order valence-electron chi connectivity index (χ2n) is 3.95. The maximum atomic E-state index is 13.2. The van der Waals surface area contributed by atoms with Crippen LogP contribution in [0.4, 0.5) is 8.78 Å². The molecule has 0 aliphatic carbocycles. The first kappa shape index (κ1) is 12.1. The largest absolute Gasteiger partial charge is 0.390 e. The molecule has 1 rings (SSSR count). The van der Waals surface area contributed by atoms with Crippen molar-refractivity contribution in [3.8, 4) is 0 Å². The minimum atomic E-state index is -1.09. The number of halogens is 2. The van der Waals surface area contributed by atoms with Gasteiger partial charge in [-0.25, -0.2) is 8.78 Å². The zero-order valence-electron chi connectivity index (χ0n) is 8.63. The van der Waals surface area contributed by atoms with E-state index in [0.717, 1.165) is 18.2 Å². The molecule has 1 unspecified atom stereocenters. The van der Waals surface area contributed by atoms with Crippen LogP contribution in [0.2, 0.25) is 0 Å². The number of rotatable bonds is 4. The quantitative estimate of drug-likeness (QED) is 0.801. The van der Waals surface area contributed by atoms with Crippen molar-refractivity contribution in [3.05, 3.63) is 35.4 Å². The lowest BCUT2D eigenvalue weighted by atomic mass is 9.93. The number of hydrogen-bond acceptors (Lipinski definition) is 2. The Balaban J connectivity index is 2.83. The van der Waals surface area contributed by atoms with Gasteiger partial charge in [-0.05, 0) is 43.7 Å². The van der Waals surface area contributed by atoms with Gasteiger partial charge in [0.2, 0.25) is 0 Å². The Morgan fingerprint density at radius 2 is 2.07 bits per heavy atom. The Morgan fingerprint density at radius 3 is 2.67 bits per heavy atom. The van der Waals surface area contributed by atoms with Gasteiger partial charge in [-0.1, -0.05) is 0 Å². The average molecular weight is 215 g/mol. The summed E-state index contributed by atoms with van der Waals surface area (Å²) < 4.78 is 26.1. The molecule has 0 aliphatic rings. The molecule has 4 heteroatoms. The monoisotopic (exact) mass is 215 g/mol. The molecule has 2 nitrogen and oxygen atoms in total. The maximum Gasteiger partial charge on any atom is 0.126 e. The molecule has 0 aliphatic heterocycles. The highest BCUT2D eigenvalue weighted by atomic mass is 19.1. The predicted octanol–water partition coefficient (Wildman–Crippen LogP) is 1.61. The topological polar surface area (TPSA) is 46.2 Å². The van der Waals surface area contributed by atoms with E-state index in [1.165, 1.54) is 0 Å². The molecule has 0 saturated heterocycles. The first-order chi connectivity index (χ1) is 6.94. The highest BCUT2D eigenvalue weighted by molar-refractivity contribution is 5.20. The van der Waals surface area contributed by atoms with Gasteiger partial charge < -0.3 is 10.8 Å². The Morgan fingerprint density at radius 1 is 1.40 bits per heavy atom. The van der Waals surface area contributed by atoms with Crippen LogP contribution >= 0.6 is 0 Å². The van der Waals surface area contributed by atoms with E-state index >= 15 is 0 Å². The number of aliphatic hydroxyl groups is 1. The zero-order chi connectivity index (χ0) is 11.5. The third-order valence-corrected chi connectivity index (χ3v) is 2.26. The molecule has 1 aromatic carbocycles. The van der Waals surface area contributed by atoms with Crippen molar-refractivity contribution >= 4 is 0 Å². The van der Waals surface area contributed by atoms with Crippen LogP contribution < -0.4 is 5.73 Å². The zero-order valence-corrected chi connectivity index (χ0v) is 8.63. The summed E-state index contributed by atoms with van der Waals surface area (Å²) in [6.45, 7) is 1.87. The molecule has 1 aromatic rings. The molecule has 84 valence electrons. The molecule has 3 N–H and O–H groups in total. The SMILES string of the molecule is CC(O)(CCN)Cc1cc(F)ccc1F. The van der Waals surface area contributed by atoms with E-state index in [9.17, 15) is 13.9 Å². The molecule has 0 saturated carbocycles. The third kappa shape index (κ3) is 3.57. The molecule has 0 aromatic heterocycles. The van der Waals surface area contributed by atoms with Gasteiger partial charge in [-0.2, -0.15) is 0 Å². The number of hydrogen-bond donors (Lipinski definition) is 2. The van der Waals surface area contributed by atoms with Gasteiger partial charge in [0.05, 0.1) is 5.60 Å². The van der Waals surface area contributed by atoms with E-state index in [4.69, 9.17) is 5.73 Å². The molecule has 0 bridgehead atoms. The van der Waals surface area contributed by atoms with Crippen molar-refractivity contribution in [2.24, 2.45) is 5.73 Å². The predicted molar refractivity (Wildman–Crippen MR) is 54.4 cm³/mol. The van der Waals surface area contributed by atoms with Crippen LogP contribution in [0, 0.1) is 11.6 Å². The first-order valence-electron chi connectivity index (χ1n) is 4.81. The highest BCUT2D eigenvalue weighted by Crippen LogP contribution is 2.19. The van der Waals surface area contributed by atoms with Gasteiger partial charge in [0.25, 0.3) is 0 Å². The average Bonchev–Trinajstić information content (AvgIpc) is 2.10. The normalized spacial score (nSPS) is 15.0. The maximum absolute atomic E-state index is 13.2. The molecular formula is C11H15F2NO. The van der Waals surface area contributed by atoms with Crippen molar-refractivity contribution in [3.63, 3.8) is 0 Å². The molecule has 0 amide bonds. The number of benzene rings is 1. The van der Waals surface area contributed by atoms with E-state index in [0.29, 0.717) is 13.0 Å². The van der Waals surface area contributed by atoms with Gasteiger partial charge in [0.1, 0.15) is 11.6 Å². The fourth-order valence-corrected chi connectivity index (χ4v) is 1.49. The van der Waals surface area contributed by atoms with Gasteiger partial charge in [-0.15, -0.1) is 0 Å². The molecule has 1 atom stereocenters. The van der Waals surface area contributed by atoms with E-state index < -0.39 is 17.2 Å². The summed E-state index contributed by atoms with van der Waals surface area (Å²) in [7, 11) is 0. The van der Waals surface area contributed by atoms with E-state index in [-0.39, 0.29) is 12.0 Å². The smallest absolute Gasteiger partial charge is 0.126 e. The summed E-state index contributed by atoms with van der Waals surface area (Å²) in [5.74, 6) is -1.01. The Hall–Kier alpha value is -1.00. The second-order valence-corrected chi connectivity index (χ2v) is 3.95. The van der Waals surface area contributed by atoms with Crippen molar-refractivity contribution in [2.45, 2.75) is 25.4 Å². The third-order valence-electron chi connectivity index (χ3n) is 2.26. The van der Waals surface area contributed by atoms with Crippen LogP contribution in [0.1, 0.15) is 18.9 Å². The second kappa shape index (κ2) is 4.68. The lowest BCUT2D eigenvalue weighted by Crippen LogP contribution is -2.30. The summed E-state index contributed by atoms with van der Waals surface area (Å²) in [5, 5.41) is 9.81. The summed E-state index contributed by atoms with van der Waals surface area (Å²) in [5.41, 5.74) is 4.39. The van der Waals surface area contributed by atoms with E-state index in [2.05, 4.69) is 0 Å². The summed E-state index contributed by atoms with van der Waals surface area (Å²) in [6, 6.07) is 3.21. The van der Waals surface area contributed by atoms with Gasteiger partial charge in [0.15, 0.2) is 0 Å². The molecular weight excluding hydrogens is 200 g/mol. The van der Waals surface area contributed by atoms with Crippen LogP contribution in [0.15, 0.2) is 18.2 Å². The van der Waals surface area contributed by atoms with Crippen LogP contribution in [-0.2, 0) is 6.42 Å². The van der Waals surface area contributed by atoms with E-state index in [1.54, 1.807) is 6.92 Å². The Labute approximate surface area is 87.7 Å². The summed E-state index contributed by atoms with van der Waals surface area (Å²) in [6.07, 6.45) is 0.413. The highest BCUT2D eigenvalue weighted by Gasteiger charge is 2.21. The van der Waals surface area contributed by atoms with Crippen molar-refractivity contribution in [1.29, 1.82) is 0 Å². The van der Waals surface area contributed by atoms with Crippen LogP contribution in [-0.4, -0.2) is 17.3 Å². The first-order valence-corrected chi connectivity index (χ1v) is 4.81. The summed E-state index contributed by atoms with van der Waals surface area (Å²) in [4.78, 5) is 0. The molecule has 0 spiro atoms. The fraction of sp³-hybridized carbons (Fsp3) is 0.455. The van der Waals surface area contributed by atoms with Crippen LogP contribution in [0.3, 0.4) is 0 Å². The Bertz CT molecular complexity index is 339. The molecule has 0 heterocycles. The summed E-state index contributed by atoms with van der Waals surface area (Å²) >= 11 is 0. The lowest BCUT2D eigenvalue weighted by Gasteiger charge is -2.22. The van der Waals surface area contributed by atoms with Crippen LogP contribution in [0.25, 0.3) is 0 Å². The fourth-order valence-electron chi connectivity index (χ4n) is 1.49. The molecule has 15 heavy (non-hydrogen) atoms.